The molecule has 27 heavy (non-hydrogen) atoms. The van der Waals surface area contributed by atoms with Crippen LogP contribution in [0.3, 0.4) is 0 Å². The highest BCUT2D eigenvalue weighted by Gasteiger charge is 2.32. The average Bonchev–Trinajstić information content (AvgIpc) is 3.50. The van der Waals surface area contributed by atoms with Gasteiger partial charge in [0.1, 0.15) is 0 Å². The molecule has 1 N–H and O–H groups in total. The van der Waals surface area contributed by atoms with Gasteiger partial charge in [-0.15, -0.1) is 0 Å². The van der Waals surface area contributed by atoms with Gasteiger partial charge < -0.3 is 9.47 Å². The summed E-state index contributed by atoms with van der Waals surface area (Å²) in [5, 5.41) is 4.57. The fraction of sp³-hybridized carbons (Fsp3) is 0.211. The Morgan fingerprint density at radius 2 is 1.93 bits per heavy atom. The molecule has 0 aromatic heterocycles. The Balaban J connectivity index is 1.66. The highest BCUT2D eigenvalue weighted by Crippen LogP contribution is 2.34. The van der Waals surface area contributed by atoms with Crippen LogP contribution in [0.2, 0.25) is 10.0 Å². The zero-order valence-corrected chi connectivity index (χ0v) is 15.9. The molecule has 6 nitrogen and oxygen atoms in total. The van der Waals surface area contributed by atoms with Gasteiger partial charge in [0.25, 0.3) is 5.91 Å². The normalized spacial score (nSPS) is 13.4. The van der Waals surface area contributed by atoms with Gasteiger partial charge >= 0.3 is 5.97 Å². The Kier molecular flexibility index (Phi) is 5.98. The minimum Gasteiger partial charge on any atom is -0.493 e. The molecular weight excluding hydrogens is 391 g/mol. The maximum Gasteiger partial charge on any atom is 0.314 e. The standard InChI is InChI=1S/C19H16Cl2N2O4/c1-26-17-8-11(2-7-16(17)27-19(25)12-3-4-12)10-22-23-18(24)14-9-13(20)5-6-15(14)21/h2,5-10,12H,3-4H2,1H3,(H,23,24)/b22-10-. The number of esters is 1. The number of benzene rings is 2. The van der Waals surface area contributed by atoms with Crippen LogP contribution in [-0.4, -0.2) is 25.2 Å². The van der Waals surface area contributed by atoms with E-state index in [1.807, 2.05) is 0 Å². The van der Waals surface area contributed by atoms with Crippen LogP contribution in [0.1, 0.15) is 28.8 Å². The van der Waals surface area contributed by atoms with E-state index in [9.17, 15) is 9.59 Å². The molecule has 3 rings (SSSR count). The van der Waals surface area contributed by atoms with Crippen molar-refractivity contribution in [2.24, 2.45) is 11.0 Å². The summed E-state index contributed by atoms with van der Waals surface area (Å²) in [6, 6.07) is 9.55. The van der Waals surface area contributed by atoms with E-state index in [1.165, 1.54) is 25.5 Å². The summed E-state index contributed by atoms with van der Waals surface area (Å²) < 4.78 is 10.6. The van der Waals surface area contributed by atoms with Crippen LogP contribution in [0.4, 0.5) is 0 Å². The van der Waals surface area contributed by atoms with Crippen molar-refractivity contribution in [3.8, 4) is 11.5 Å². The number of hydrogen-bond acceptors (Lipinski definition) is 5. The number of nitrogens with zero attached hydrogens (tertiary/aromatic N) is 1. The number of hydrogen-bond donors (Lipinski definition) is 1. The monoisotopic (exact) mass is 406 g/mol. The number of amides is 1. The van der Waals surface area contributed by atoms with Crippen molar-refractivity contribution < 1.29 is 19.1 Å². The van der Waals surface area contributed by atoms with Gasteiger partial charge in [-0.25, -0.2) is 5.43 Å². The molecule has 0 radical (unpaired) electrons. The minimum absolute atomic E-state index is 0.00975. The van der Waals surface area contributed by atoms with Crippen LogP contribution >= 0.6 is 23.2 Å². The lowest BCUT2D eigenvalue weighted by atomic mass is 10.2. The number of carbonyl (C=O) groups is 2. The van der Waals surface area contributed by atoms with Crippen LogP contribution in [-0.2, 0) is 4.79 Å². The van der Waals surface area contributed by atoms with Crippen molar-refractivity contribution in [2.75, 3.05) is 7.11 Å². The lowest BCUT2D eigenvalue weighted by Gasteiger charge is -2.09. The van der Waals surface area contributed by atoms with E-state index in [-0.39, 0.29) is 22.5 Å². The highest BCUT2D eigenvalue weighted by molar-refractivity contribution is 6.35. The lowest BCUT2D eigenvalue weighted by Crippen LogP contribution is -2.18. The summed E-state index contributed by atoms with van der Waals surface area (Å²) in [6.07, 6.45) is 3.16. The molecule has 2 aromatic carbocycles. The number of rotatable bonds is 6. The molecule has 1 aliphatic carbocycles. The molecule has 1 amide bonds. The Bertz CT molecular complexity index is 911. The second-order valence-corrected chi connectivity index (χ2v) is 6.77. The summed E-state index contributed by atoms with van der Waals surface area (Å²) in [7, 11) is 1.48. The topological polar surface area (TPSA) is 77.0 Å². The summed E-state index contributed by atoms with van der Waals surface area (Å²) in [5.41, 5.74) is 3.26. The molecule has 0 bridgehead atoms. The molecule has 140 valence electrons. The molecule has 1 fully saturated rings. The van der Waals surface area contributed by atoms with Gasteiger partial charge in [0, 0.05) is 5.02 Å². The molecule has 0 atom stereocenters. The Hall–Kier alpha value is -2.57. The number of methoxy groups -OCH3 is 1. The zero-order valence-electron chi connectivity index (χ0n) is 14.4. The molecule has 0 spiro atoms. The van der Waals surface area contributed by atoms with E-state index in [1.54, 1.807) is 24.3 Å². The smallest absolute Gasteiger partial charge is 0.314 e. The molecule has 1 saturated carbocycles. The lowest BCUT2D eigenvalue weighted by molar-refractivity contribution is -0.135. The van der Waals surface area contributed by atoms with Crippen LogP contribution in [0.5, 0.6) is 11.5 Å². The maximum absolute atomic E-state index is 12.1. The van der Waals surface area contributed by atoms with Gasteiger partial charge in [0.15, 0.2) is 11.5 Å². The van der Waals surface area contributed by atoms with Crippen molar-refractivity contribution in [3.63, 3.8) is 0 Å². The van der Waals surface area contributed by atoms with E-state index >= 15 is 0 Å². The third-order valence-electron chi connectivity index (χ3n) is 3.86. The minimum atomic E-state index is -0.485. The predicted molar refractivity (Wildman–Crippen MR) is 103 cm³/mol. The highest BCUT2D eigenvalue weighted by atomic mass is 35.5. The summed E-state index contributed by atoms with van der Waals surface area (Å²) in [4.78, 5) is 23.9. The number of nitrogens with one attached hydrogen (secondary N) is 1. The quantitative estimate of drug-likeness (QED) is 0.339. The molecule has 0 aliphatic heterocycles. The van der Waals surface area contributed by atoms with Crippen LogP contribution in [0.15, 0.2) is 41.5 Å². The number of hydrazone groups is 1. The third kappa shape index (κ3) is 4.99. The van der Waals surface area contributed by atoms with E-state index in [0.29, 0.717) is 22.1 Å². The van der Waals surface area contributed by atoms with E-state index in [4.69, 9.17) is 32.7 Å². The molecule has 0 unspecified atom stereocenters. The summed E-state index contributed by atoms with van der Waals surface area (Å²) in [5.74, 6) is 0.00371. The largest absolute Gasteiger partial charge is 0.493 e. The molecule has 0 heterocycles. The molecule has 1 aliphatic rings. The van der Waals surface area contributed by atoms with Gasteiger partial charge in [-0.1, -0.05) is 23.2 Å². The predicted octanol–water partition coefficient (Wildman–Crippen LogP) is 4.08. The Morgan fingerprint density at radius 1 is 1.15 bits per heavy atom. The van der Waals surface area contributed by atoms with Crippen LogP contribution < -0.4 is 14.9 Å². The first-order valence-corrected chi connectivity index (χ1v) is 8.91. The number of carbonyl (C=O) groups excluding carboxylic acids is 2. The molecule has 8 heteroatoms. The molecule has 2 aromatic rings. The van der Waals surface area contributed by atoms with Crippen molar-refractivity contribution >= 4 is 41.3 Å². The van der Waals surface area contributed by atoms with Gasteiger partial charge in [0.2, 0.25) is 0 Å². The summed E-state index contributed by atoms with van der Waals surface area (Å²) in [6.45, 7) is 0. The van der Waals surface area contributed by atoms with Gasteiger partial charge in [0.05, 0.1) is 29.8 Å². The summed E-state index contributed by atoms with van der Waals surface area (Å²) >= 11 is 11.9. The number of halogens is 2. The second-order valence-electron chi connectivity index (χ2n) is 5.93. The van der Waals surface area contributed by atoms with Crippen molar-refractivity contribution in [1.82, 2.24) is 5.43 Å². The van der Waals surface area contributed by atoms with Gasteiger partial charge in [-0.05, 0) is 54.8 Å². The first-order valence-electron chi connectivity index (χ1n) is 8.16. The van der Waals surface area contributed by atoms with Gasteiger partial charge in [-0.2, -0.15) is 5.10 Å². The number of ether oxygens (including phenoxy) is 2. The molecular formula is C19H16Cl2N2O4. The first kappa shape index (κ1) is 19.2. The Morgan fingerprint density at radius 3 is 2.63 bits per heavy atom. The fourth-order valence-electron chi connectivity index (χ4n) is 2.26. The van der Waals surface area contributed by atoms with Crippen molar-refractivity contribution in [2.45, 2.75) is 12.8 Å². The molecule has 0 saturated heterocycles. The van der Waals surface area contributed by atoms with E-state index in [2.05, 4.69) is 10.5 Å². The average molecular weight is 407 g/mol. The fourth-order valence-corrected chi connectivity index (χ4v) is 2.63. The van der Waals surface area contributed by atoms with Crippen LogP contribution in [0.25, 0.3) is 0 Å². The first-order chi connectivity index (χ1) is 13.0. The second kappa shape index (κ2) is 8.41. The van der Waals surface area contributed by atoms with Crippen LogP contribution in [0, 0.1) is 5.92 Å². The SMILES string of the molecule is COc1cc(/C=N\NC(=O)c2cc(Cl)ccc2Cl)ccc1OC(=O)C1CC1. The van der Waals surface area contributed by atoms with E-state index in [0.717, 1.165) is 12.8 Å². The van der Waals surface area contributed by atoms with Gasteiger partial charge in [-0.3, -0.25) is 9.59 Å². The Labute approximate surface area is 166 Å². The van der Waals surface area contributed by atoms with Crippen molar-refractivity contribution in [1.29, 1.82) is 0 Å². The van der Waals surface area contributed by atoms with Crippen molar-refractivity contribution in [3.05, 3.63) is 57.6 Å². The van der Waals surface area contributed by atoms with E-state index < -0.39 is 5.91 Å². The maximum atomic E-state index is 12.1. The third-order valence-corrected chi connectivity index (χ3v) is 4.43. The zero-order chi connectivity index (χ0) is 19.4.